The van der Waals surface area contributed by atoms with E-state index in [-0.39, 0.29) is 34.7 Å². The second-order valence-electron chi connectivity index (χ2n) is 13.2. The lowest BCUT2D eigenvalue weighted by Crippen LogP contribution is -2.62. The molecule has 0 bridgehead atoms. The third-order valence-electron chi connectivity index (χ3n) is 11.3. The van der Waals surface area contributed by atoms with Crippen LogP contribution in [0.5, 0.6) is 0 Å². The number of esters is 1. The fourth-order valence-electron chi connectivity index (χ4n) is 9.31. The topological polar surface area (TPSA) is 94.6 Å². The zero-order valence-corrected chi connectivity index (χ0v) is 24.9. The number of carbonyl (C=O) groups is 2. The molecule has 0 spiro atoms. The number of nitrogens with zero attached hydrogens (tertiary/aromatic N) is 2. The highest BCUT2D eigenvalue weighted by atomic mass is 32.1. The van der Waals surface area contributed by atoms with E-state index in [0.717, 1.165) is 36.2 Å². The van der Waals surface area contributed by atoms with Crippen LogP contribution in [0, 0.1) is 41.3 Å². The van der Waals surface area contributed by atoms with E-state index < -0.39 is 28.2 Å². The van der Waals surface area contributed by atoms with Crippen molar-refractivity contribution in [3.63, 3.8) is 0 Å². The molecule has 0 aliphatic heterocycles. The number of rotatable bonds is 4. The van der Waals surface area contributed by atoms with Crippen LogP contribution in [-0.4, -0.2) is 37.7 Å². The summed E-state index contributed by atoms with van der Waals surface area (Å²) in [4.78, 5) is 26.5. The van der Waals surface area contributed by atoms with Gasteiger partial charge in [0.1, 0.15) is 5.82 Å². The van der Waals surface area contributed by atoms with E-state index in [1.807, 2.05) is 17.8 Å². The highest BCUT2D eigenvalue weighted by Gasteiger charge is 2.70. The Morgan fingerprint density at radius 2 is 1.95 bits per heavy atom. The molecule has 1 N–H and O–H groups in total. The maximum Gasteiger partial charge on any atom is 0.375 e. The first-order chi connectivity index (χ1) is 20.0. The predicted octanol–water partition coefficient (Wildman–Crippen LogP) is 6.12. The maximum absolute atomic E-state index is 13.6. The average molecular weight is 591 g/mol. The van der Waals surface area contributed by atoms with Gasteiger partial charge in [-0.15, -0.1) is 12.6 Å². The minimum atomic E-state index is -1.45. The summed E-state index contributed by atoms with van der Waals surface area (Å²) in [6.45, 7) is 6.02. The van der Waals surface area contributed by atoms with Crippen LogP contribution in [-0.2, 0) is 16.0 Å². The fourth-order valence-corrected chi connectivity index (χ4v) is 9.72. The van der Waals surface area contributed by atoms with E-state index in [0.29, 0.717) is 24.8 Å². The first-order valence-corrected chi connectivity index (χ1v) is 15.2. The number of hydrogen-bond acceptors (Lipinski definition) is 6. The number of ether oxygens (including phenoxy) is 1. The largest absolute Gasteiger partial charge is 0.457 e. The molecule has 2 heterocycles. The molecule has 7 atom stereocenters. The van der Waals surface area contributed by atoms with Gasteiger partial charge in [0.05, 0.1) is 29.9 Å². The zero-order valence-electron chi connectivity index (χ0n) is 24.0. The summed E-state index contributed by atoms with van der Waals surface area (Å²) in [7, 11) is 0. The SMILES string of the molecule is Cc1ccoc1C(=O)O[C@]1(C(=O)S)CC[C@H]2[C@@H]3CCC4=Cc5c(cnn5-c5ccc(F)cc5)C[C@]4(C)[C@H]3[C@@H](O)C[C@@]21C. The molecular weight excluding hydrogens is 555 g/mol. The lowest BCUT2D eigenvalue weighted by molar-refractivity contribution is -0.174. The zero-order chi connectivity index (χ0) is 29.6. The molecule has 2 aromatic heterocycles. The number of halogens is 1. The van der Waals surface area contributed by atoms with Crippen LogP contribution in [0.2, 0.25) is 0 Å². The van der Waals surface area contributed by atoms with Crippen LogP contribution in [0.1, 0.15) is 73.3 Å². The standard InChI is InChI=1S/C33H35FN2O5S/c1-18-11-13-40-28(18)29(38)41-33(30(39)42)12-10-24-23-9-4-20-14-25-19(17-35-36(25)22-7-5-21(34)6-8-22)15-31(20,2)27(23)26(37)16-32(24,33)3/h5-8,11,13-14,17,23-24,26-27,37H,4,9-10,12,15-16H2,1-3H3,(H,39,42)/t23-,24-,26-,27+,31-,32-,33-/m0/s1. The average Bonchev–Trinajstić information content (AvgIpc) is 3.63. The summed E-state index contributed by atoms with van der Waals surface area (Å²) in [5.41, 5.74) is 2.33. The minimum Gasteiger partial charge on any atom is -0.457 e. The monoisotopic (exact) mass is 590 g/mol. The van der Waals surface area contributed by atoms with Gasteiger partial charge >= 0.3 is 5.97 Å². The van der Waals surface area contributed by atoms with Gasteiger partial charge in [-0.1, -0.05) is 19.4 Å². The summed E-state index contributed by atoms with van der Waals surface area (Å²) >= 11 is 4.29. The van der Waals surface area contributed by atoms with Gasteiger partial charge in [-0.05, 0) is 111 Å². The summed E-state index contributed by atoms with van der Waals surface area (Å²) < 4.78 is 26.9. The molecular formula is C33H35FN2O5S. The van der Waals surface area contributed by atoms with Crippen molar-refractivity contribution < 1.29 is 28.2 Å². The number of aryl methyl sites for hydroxylation is 1. The fraction of sp³-hybridized carbons (Fsp3) is 0.485. The molecule has 9 heteroatoms. The van der Waals surface area contributed by atoms with Crippen molar-refractivity contribution in [3.05, 3.63) is 76.8 Å². The Balaban J connectivity index is 1.22. The molecule has 4 aliphatic rings. The smallest absolute Gasteiger partial charge is 0.375 e. The number of carbonyl (C=O) groups excluding carboxylic acids is 2. The number of hydrogen-bond donors (Lipinski definition) is 2. The van der Waals surface area contributed by atoms with Crippen LogP contribution in [0.25, 0.3) is 11.8 Å². The van der Waals surface area contributed by atoms with Gasteiger partial charge in [0, 0.05) is 11.0 Å². The molecule has 220 valence electrons. The highest BCUT2D eigenvalue weighted by Crippen LogP contribution is 2.68. The van der Waals surface area contributed by atoms with E-state index in [2.05, 4.69) is 30.7 Å². The molecule has 0 radical (unpaired) electrons. The molecule has 3 saturated carbocycles. The van der Waals surface area contributed by atoms with Gasteiger partial charge in [-0.3, -0.25) is 4.79 Å². The van der Waals surface area contributed by atoms with Gasteiger partial charge in [0.15, 0.2) is 5.60 Å². The van der Waals surface area contributed by atoms with E-state index in [1.54, 1.807) is 25.1 Å². The van der Waals surface area contributed by atoms with Crippen molar-refractivity contribution >= 4 is 29.8 Å². The minimum absolute atomic E-state index is 0.0215. The Hall–Kier alpha value is -3.17. The Morgan fingerprint density at radius 3 is 2.64 bits per heavy atom. The van der Waals surface area contributed by atoms with Crippen molar-refractivity contribution in [1.29, 1.82) is 0 Å². The number of aliphatic hydroxyl groups is 1. The second kappa shape index (κ2) is 9.41. The van der Waals surface area contributed by atoms with Gasteiger partial charge < -0.3 is 14.3 Å². The molecule has 4 aliphatic carbocycles. The number of allylic oxidation sites excluding steroid dienone is 1. The Morgan fingerprint density at radius 1 is 1.19 bits per heavy atom. The van der Waals surface area contributed by atoms with E-state index in [1.165, 1.54) is 24.0 Å². The number of aliphatic hydroxyl groups excluding tert-OH is 1. The molecule has 42 heavy (non-hydrogen) atoms. The van der Waals surface area contributed by atoms with Crippen molar-refractivity contribution in [2.45, 2.75) is 71.0 Å². The lowest BCUT2D eigenvalue weighted by atomic mass is 9.45. The molecule has 0 saturated heterocycles. The first kappa shape index (κ1) is 27.7. The van der Waals surface area contributed by atoms with Gasteiger partial charge in [-0.2, -0.15) is 5.10 Å². The molecule has 7 rings (SSSR count). The molecule has 0 amide bonds. The van der Waals surface area contributed by atoms with Crippen molar-refractivity contribution in [3.8, 4) is 5.69 Å². The molecule has 3 fully saturated rings. The first-order valence-electron chi connectivity index (χ1n) is 14.7. The molecule has 0 unspecified atom stereocenters. The Labute approximate surface area is 249 Å². The van der Waals surface area contributed by atoms with E-state index >= 15 is 0 Å². The summed E-state index contributed by atoms with van der Waals surface area (Å²) in [6.07, 6.45) is 8.71. The normalized spacial score (nSPS) is 35.0. The van der Waals surface area contributed by atoms with Gasteiger partial charge in [-0.25, -0.2) is 13.9 Å². The second-order valence-corrected chi connectivity index (χ2v) is 13.6. The van der Waals surface area contributed by atoms with E-state index in [9.17, 15) is 19.1 Å². The number of benzene rings is 1. The van der Waals surface area contributed by atoms with E-state index in [4.69, 9.17) is 9.15 Å². The third-order valence-corrected chi connectivity index (χ3v) is 11.6. The Bertz CT molecular complexity index is 1630. The van der Waals surface area contributed by atoms with Crippen LogP contribution >= 0.6 is 12.6 Å². The van der Waals surface area contributed by atoms with Crippen molar-refractivity contribution in [2.75, 3.05) is 0 Å². The van der Waals surface area contributed by atoms with Gasteiger partial charge in [0.2, 0.25) is 10.9 Å². The van der Waals surface area contributed by atoms with Gasteiger partial charge in [0.25, 0.3) is 0 Å². The Kier molecular flexibility index (Phi) is 6.20. The quantitative estimate of drug-likeness (QED) is 0.281. The lowest BCUT2D eigenvalue weighted by Gasteiger charge is -2.60. The highest BCUT2D eigenvalue weighted by molar-refractivity contribution is 7.96. The maximum atomic E-state index is 13.6. The number of furan rings is 1. The number of fused-ring (bicyclic) bond motifs is 6. The molecule has 3 aromatic rings. The molecule has 1 aromatic carbocycles. The molecule has 7 nitrogen and oxygen atoms in total. The predicted molar refractivity (Wildman–Crippen MR) is 157 cm³/mol. The van der Waals surface area contributed by atoms with Crippen LogP contribution in [0.4, 0.5) is 4.39 Å². The number of aromatic nitrogens is 2. The summed E-state index contributed by atoms with van der Waals surface area (Å²) in [5.74, 6) is -0.667. The third kappa shape index (κ3) is 3.71. The van der Waals surface area contributed by atoms with Crippen molar-refractivity contribution in [2.24, 2.45) is 28.6 Å². The van der Waals surface area contributed by atoms with Crippen LogP contribution in [0.3, 0.4) is 0 Å². The van der Waals surface area contributed by atoms with Crippen molar-refractivity contribution in [1.82, 2.24) is 9.78 Å². The number of thiol groups is 1. The van der Waals surface area contributed by atoms with Crippen LogP contribution in [0.15, 0.2) is 52.8 Å². The summed E-state index contributed by atoms with van der Waals surface area (Å²) in [6, 6.07) is 8.02. The van der Waals surface area contributed by atoms with Crippen LogP contribution < -0.4 is 0 Å². The summed E-state index contributed by atoms with van der Waals surface area (Å²) in [5, 5.41) is 16.1.